The number of hydrogen-bond acceptors (Lipinski definition) is 6. The molecule has 0 aliphatic heterocycles. The van der Waals surface area contributed by atoms with Crippen LogP contribution >= 0.6 is 11.3 Å². The third kappa shape index (κ3) is 5.77. The van der Waals surface area contributed by atoms with Gasteiger partial charge in [-0.3, -0.25) is 10.1 Å². The molecular weight excluding hydrogens is 390 g/mol. The summed E-state index contributed by atoms with van der Waals surface area (Å²) in [6, 6.07) is 5.24. The van der Waals surface area contributed by atoms with Gasteiger partial charge in [-0.05, 0) is 44.9 Å². The molecule has 1 aromatic heterocycles. The van der Waals surface area contributed by atoms with Gasteiger partial charge in [0.2, 0.25) is 5.91 Å². The van der Waals surface area contributed by atoms with Crippen LogP contribution in [0.5, 0.6) is 0 Å². The van der Waals surface area contributed by atoms with Crippen molar-refractivity contribution < 1.29 is 19.4 Å². The number of amides is 2. The topological polar surface area (TPSA) is 101 Å². The third-order valence-corrected chi connectivity index (χ3v) is 5.96. The zero-order valence-corrected chi connectivity index (χ0v) is 17.6. The van der Waals surface area contributed by atoms with E-state index in [9.17, 15) is 9.59 Å². The Hall–Kier alpha value is -2.45. The molecule has 0 unspecified atom stereocenters. The molecule has 0 radical (unpaired) electrons. The minimum atomic E-state index is -0.623. The molecule has 7 nitrogen and oxygen atoms in total. The molecule has 1 aliphatic carbocycles. The maximum Gasteiger partial charge on any atom is 0.411 e. The SMILES string of the molecule is CC(C)OC(=O)Nc1ccc(-c2cnc(C3CCCCC3)s2)c(NC(=O)CO)c1. The molecule has 0 bridgehead atoms. The summed E-state index contributed by atoms with van der Waals surface area (Å²) in [7, 11) is 0. The second kappa shape index (κ2) is 9.84. The zero-order valence-electron chi connectivity index (χ0n) is 16.7. The summed E-state index contributed by atoms with van der Waals surface area (Å²) >= 11 is 1.63. The Balaban J connectivity index is 1.85. The second-order valence-corrected chi connectivity index (χ2v) is 8.51. The molecule has 1 fully saturated rings. The molecule has 0 atom stereocenters. The number of carbonyl (C=O) groups is 2. The average Bonchev–Trinajstić information content (AvgIpc) is 3.18. The molecule has 0 saturated heterocycles. The molecule has 8 heteroatoms. The van der Waals surface area contributed by atoms with Crippen molar-refractivity contribution in [3.63, 3.8) is 0 Å². The fourth-order valence-corrected chi connectivity index (χ4v) is 4.57. The molecule has 1 saturated carbocycles. The first-order valence-corrected chi connectivity index (χ1v) is 10.8. The van der Waals surface area contributed by atoms with Gasteiger partial charge in [0.1, 0.15) is 6.61 Å². The van der Waals surface area contributed by atoms with Crippen LogP contribution in [0.15, 0.2) is 24.4 Å². The summed E-state index contributed by atoms with van der Waals surface area (Å²) in [6.07, 6.45) is 7.14. The number of ether oxygens (including phenoxy) is 1. The summed E-state index contributed by atoms with van der Waals surface area (Å²) in [5.74, 6) is -0.0186. The van der Waals surface area contributed by atoms with Gasteiger partial charge in [-0.25, -0.2) is 9.78 Å². The van der Waals surface area contributed by atoms with Crippen molar-refractivity contribution in [2.24, 2.45) is 0 Å². The van der Waals surface area contributed by atoms with Crippen molar-refractivity contribution in [1.29, 1.82) is 0 Å². The largest absolute Gasteiger partial charge is 0.447 e. The van der Waals surface area contributed by atoms with Crippen LogP contribution in [-0.4, -0.2) is 34.8 Å². The Kier molecular flexibility index (Phi) is 7.22. The van der Waals surface area contributed by atoms with E-state index in [1.165, 1.54) is 32.1 Å². The molecule has 0 spiro atoms. The molecule has 2 aromatic rings. The van der Waals surface area contributed by atoms with Crippen LogP contribution in [0.1, 0.15) is 56.9 Å². The maximum atomic E-state index is 11.9. The molecule has 156 valence electrons. The molecule has 1 aromatic carbocycles. The van der Waals surface area contributed by atoms with Gasteiger partial charge in [0.15, 0.2) is 0 Å². The van der Waals surface area contributed by atoms with Gasteiger partial charge in [0.05, 0.1) is 21.7 Å². The van der Waals surface area contributed by atoms with Crippen molar-refractivity contribution in [1.82, 2.24) is 4.98 Å². The van der Waals surface area contributed by atoms with E-state index in [4.69, 9.17) is 9.84 Å². The summed E-state index contributed by atoms with van der Waals surface area (Å²) in [4.78, 5) is 29.3. The van der Waals surface area contributed by atoms with Gasteiger partial charge in [-0.1, -0.05) is 19.3 Å². The predicted molar refractivity (Wildman–Crippen MR) is 114 cm³/mol. The van der Waals surface area contributed by atoms with Crippen molar-refractivity contribution in [3.05, 3.63) is 29.4 Å². The first kappa shape index (κ1) is 21.3. The number of aliphatic hydroxyl groups is 1. The van der Waals surface area contributed by atoms with E-state index in [-0.39, 0.29) is 6.10 Å². The lowest BCUT2D eigenvalue weighted by molar-refractivity contribution is -0.118. The van der Waals surface area contributed by atoms with Crippen LogP contribution in [0.2, 0.25) is 0 Å². The normalized spacial score (nSPS) is 14.6. The number of aliphatic hydroxyl groups excluding tert-OH is 1. The summed E-state index contributed by atoms with van der Waals surface area (Å²) < 4.78 is 5.10. The van der Waals surface area contributed by atoms with E-state index in [2.05, 4.69) is 15.6 Å². The Morgan fingerprint density at radius 3 is 2.69 bits per heavy atom. The number of nitrogens with zero attached hydrogens (tertiary/aromatic N) is 1. The van der Waals surface area contributed by atoms with Crippen LogP contribution in [0.4, 0.5) is 16.2 Å². The first-order chi connectivity index (χ1) is 14.0. The molecule has 29 heavy (non-hydrogen) atoms. The Morgan fingerprint density at radius 2 is 2.00 bits per heavy atom. The maximum absolute atomic E-state index is 11.9. The lowest BCUT2D eigenvalue weighted by Gasteiger charge is -2.18. The van der Waals surface area contributed by atoms with Gasteiger partial charge < -0.3 is 15.2 Å². The van der Waals surface area contributed by atoms with Crippen LogP contribution in [0.25, 0.3) is 10.4 Å². The van der Waals surface area contributed by atoms with Crippen LogP contribution in [0, 0.1) is 0 Å². The predicted octanol–water partition coefficient (Wildman–Crippen LogP) is 4.75. The minimum absolute atomic E-state index is 0.238. The van der Waals surface area contributed by atoms with E-state index in [1.54, 1.807) is 37.3 Å². The number of thiazole rings is 1. The number of anilines is 2. The van der Waals surface area contributed by atoms with E-state index in [0.29, 0.717) is 17.3 Å². The highest BCUT2D eigenvalue weighted by atomic mass is 32.1. The smallest absolute Gasteiger partial charge is 0.411 e. The number of rotatable bonds is 6. The Morgan fingerprint density at radius 1 is 1.24 bits per heavy atom. The van der Waals surface area contributed by atoms with Crippen molar-refractivity contribution in [3.8, 4) is 10.4 Å². The highest BCUT2D eigenvalue weighted by Gasteiger charge is 2.20. The van der Waals surface area contributed by atoms with Gasteiger partial charge in [0.25, 0.3) is 0 Å². The lowest BCUT2D eigenvalue weighted by Crippen LogP contribution is -2.19. The van der Waals surface area contributed by atoms with Crippen LogP contribution < -0.4 is 10.6 Å². The summed E-state index contributed by atoms with van der Waals surface area (Å²) in [5, 5.41) is 15.6. The van der Waals surface area contributed by atoms with Gasteiger partial charge in [-0.2, -0.15) is 0 Å². The number of carbonyl (C=O) groups excluding carboxylic acids is 2. The van der Waals surface area contributed by atoms with E-state index < -0.39 is 18.6 Å². The first-order valence-electron chi connectivity index (χ1n) is 9.94. The van der Waals surface area contributed by atoms with Crippen LogP contribution in [-0.2, 0) is 9.53 Å². The molecule has 3 N–H and O–H groups in total. The van der Waals surface area contributed by atoms with Crippen molar-refractivity contribution >= 4 is 34.7 Å². The number of nitrogens with one attached hydrogen (secondary N) is 2. The summed E-state index contributed by atoms with van der Waals surface area (Å²) in [6.45, 7) is 2.91. The molecular formula is C21H27N3O4S. The van der Waals surface area contributed by atoms with Gasteiger partial charge in [-0.15, -0.1) is 11.3 Å². The molecule has 1 aliphatic rings. The Bertz CT molecular complexity index is 859. The lowest BCUT2D eigenvalue weighted by atomic mass is 9.90. The van der Waals surface area contributed by atoms with Crippen molar-refractivity contribution in [2.45, 2.75) is 58.0 Å². The van der Waals surface area contributed by atoms with Gasteiger partial charge in [0, 0.05) is 23.4 Å². The monoisotopic (exact) mass is 417 g/mol. The Labute approximate surface area is 174 Å². The van der Waals surface area contributed by atoms with E-state index in [1.807, 2.05) is 12.3 Å². The fraction of sp³-hybridized carbons (Fsp3) is 0.476. The molecule has 1 heterocycles. The highest BCUT2D eigenvalue weighted by Crippen LogP contribution is 2.40. The number of hydrogen-bond donors (Lipinski definition) is 3. The number of benzene rings is 1. The average molecular weight is 418 g/mol. The van der Waals surface area contributed by atoms with E-state index in [0.717, 1.165) is 15.4 Å². The molecule has 2 amide bonds. The van der Waals surface area contributed by atoms with Gasteiger partial charge >= 0.3 is 6.09 Å². The fourth-order valence-electron chi connectivity index (χ4n) is 3.44. The zero-order chi connectivity index (χ0) is 20.8. The van der Waals surface area contributed by atoms with Crippen molar-refractivity contribution in [2.75, 3.05) is 17.2 Å². The standard InChI is InChI=1S/C21H27N3O4S/c1-13(2)28-21(27)23-15-8-9-16(17(10-15)24-19(26)12-25)18-11-22-20(29-18)14-6-4-3-5-7-14/h8-11,13-14,25H,3-7,12H2,1-2H3,(H,23,27)(H,24,26). The van der Waals surface area contributed by atoms with E-state index >= 15 is 0 Å². The third-order valence-electron chi connectivity index (χ3n) is 4.77. The van der Waals surface area contributed by atoms with Crippen LogP contribution in [0.3, 0.4) is 0 Å². The highest BCUT2D eigenvalue weighted by molar-refractivity contribution is 7.15. The number of aromatic nitrogens is 1. The molecule has 3 rings (SSSR count). The quantitative estimate of drug-likeness (QED) is 0.630. The minimum Gasteiger partial charge on any atom is -0.447 e. The second-order valence-electron chi connectivity index (χ2n) is 7.44. The summed E-state index contributed by atoms with van der Waals surface area (Å²) in [5.41, 5.74) is 1.80.